The molecule has 4 nitrogen and oxygen atoms in total. The zero-order chi connectivity index (χ0) is 17.8. The molecule has 0 amide bonds. The number of anilines is 1. The van der Waals surface area contributed by atoms with Crippen LogP contribution in [0.1, 0.15) is 17.0 Å². The molecule has 2 heterocycles. The Labute approximate surface area is 157 Å². The summed E-state index contributed by atoms with van der Waals surface area (Å²) in [5.74, 6) is 2.32. The standard InChI is InChI=1S/C19H18ClN3OS/c1-12-9-13(2)22-18(10-12)23-19(25)21-11-16-7-8-17(24-16)14-3-5-15(20)6-4-14/h3-10H,11H2,1-2H3,(H2,21,22,23,25). The molecule has 0 unspecified atom stereocenters. The van der Waals surface area contributed by atoms with Crippen LogP contribution in [-0.4, -0.2) is 10.1 Å². The molecule has 0 atom stereocenters. The highest BCUT2D eigenvalue weighted by atomic mass is 35.5. The number of pyridine rings is 1. The number of nitrogens with one attached hydrogen (secondary N) is 2. The number of benzene rings is 1. The Hall–Kier alpha value is -2.37. The second-order valence-electron chi connectivity index (χ2n) is 5.75. The van der Waals surface area contributed by atoms with Crippen molar-refractivity contribution in [3.63, 3.8) is 0 Å². The summed E-state index contributed by atoms with van der Waals surface area (Å²) in [6.45, 7) is 4.47. The molecule has 0 aliphatic carbocycles. The first-order valence-electron chi connectivity index (χ1n) is 7.84. The van der Waals surface area contributed by atoms with Gasteiger partial charge in [0.05, 0.1) is 6.54 Å². The summed E-state index contributed by atoms with van der Waals surface area (Å²) in [4.78, 5) is 4.41. The van der Waals surface area contributed by atoms with Gasteiger partial charge in [-0.05, 0) is 80.2 Å². The summed E-state index contributed by atoms with van der Waals surface area (Å²) in [7, 11) is 0. The summed E-state index contributed by atoms with van der Waals surface area (Å²) in [6, 6.07) is 15.4. The number of halogens is 1. The van der Waals surface area contributed by atoms with Crippen LogP contribution < -0.4 is 10.6 Å². The zero-order valence-electron chi connectivity index (χ0n) is 14.0. The molecule has 0 fully saturated rings. The van der Waals surface area contributed by atoms with Crippen LogP contribution in [0, 0.1) is 13.8 Å². The van der Waals surface area contributed by atoms with Gasteiger partial charge >= 0.3 is 0 Å². The van der Waals surface area contributed by atoms with Crippen molar-refractivity contribution in [1.82, 2.24) is 10.3 Å². The summed E-state index contributed by atoms with van der Waals surface area (Å²) in [5, 5.41) is 7.42. The van der Waals surface area contributed by atoms with E-state index in [1.165, 1.54) is 0 Å². The molecule has 0 aliphatic rings. The third-order valence-corrected chi connectivity index (χ3v) is 4.05. The third kappa shape index (κ3) is 4.81. The second kappa shape index (κ2) is 7.68. The Morgan fingerprint density at radius 2 is 1.88 bits per heavy atom. The molecule has 1 aromatic carbocycles. The average molecular weight is 372 g/mol. The molecule has 0 spiro atoms. The topological polar surface area (TPSA) is 50.1 Å². The Bertz CT molecular complexity index is 870. The fourth-order valence-electron chi connectivity index (χ4n) is 2.48. The molecular weight excluding hydrogens is 354 g/mol. The monoisotopic (exact) mass is 371 g/mol. The maximum atomic E-state index is 5.91. The van der Waals surface area contributed by atoms with Gasteiger partial charge in [0, 0.05) is 16.3 Å². The van der Waals surface area contributed by atoms with Crippen LogP contribution >= 0.6 is 23.8 Å². The van der Waals surface area contributed by atoms with E-state index in [2.05, 4.69) is 15.6 Å². The lowest BCUT2D eigenvalue weighted by Gasteiger charge is -2.10. The minimum absolute atomic E-state index is 0.490. The van der Waals surface area contributed by atoms with Crippen LogP contribution in [0.3, 0.4) is 0 Å². The number of furan rings is 1. The van der Waals surface area contributed by atoms with Gasteiger partial charge < -0.3 is 15.1 Å². The minimum atomic E-state index is 0.490. The molecule has 25 heavy (non-hydrogen) atoms. The maximum Gasteiger partial charge on any atom is 0.172 e. The highest BCUT2D eigenvalue weighted by Gasteiger charge is 2.06. The van der Waals surface area contributed by atoms with Gasteiger partial charge in [-0.2, -0.15) is 0 Å². The lowest BCUT2D eigenvalue weighted by Crippen LogP contribution is -2.28. The molecule has 0 radical (unpaired) electrons. The van der Waals surface area contributed by atoms with Crippen molar-refractivity contribution in [2.24, 2.45) is 0 Å². The van der Waals surface area contributed by atoms with Crippen molar-refractivity contribution in [2.45, 2.75) is 20.4 Å². The van der Waals surface area contributed by atoms with Crippen molar-refractivity contribution in [2.75, 3.05) is 5.32 Å². The number of aryl methyl sites for hydroxylation is 2. The van der Waals surface area contributed by atoms with Gasteiger partial charge in [-0.25, -0.2) is 4.98 Å². The van der Waals surface area contributed by atoms with Crippen LogP contribution in [0.5, 0.6) is 0 Å². The fourth-order valence-corrected chi connectivity index (χ4v) is 2.78. The highest BCUT2D eigenvalue weighted by Crippen LogP contribution is 2.23. The zero-order valence-corrected chi connectivity index (χ0v) is 15.5. The van der Waals surface area contributed by atoms with Gasteiger partial charge in [0.15, 0.2) is 5.11 Å². The highest BCUT2D eigenvalue weighted by molar-refractivity contribution is 7.80. The van der Waals surface area contributed by atoms with E-state index < -0.39 is 0 Å². The quantitative estimate of drug-likeness (QED) is 0.625. The van der Waals surface area contributed by atoms with E-state index in [9.17, 15) is 0 Å². The van der Waals surface area contributed by atoms with E-state index >= 15 is 0 Å². The molecule has 0 aliphatic heterocycles. The van der Waals surface area contributed by atoms with Crippen LogP contribution in [-0.2, 0) is 6.54 Å². The van der Waals surface area contributed by atoms with E-state index in [-0.39, 0.29) is 0 Å². The Morgan fingerprint density at radius 1 is 1.12 bits per heavy atom. The van der Waals surface area contributed by atoms with Gasteiger partial charge in [-0.1, -0.05) is 11.6 Å². The predicted molar refractivity (Wildman–Crippen MR) is 106 cm³/mol. The summed E-state index contributed by atoms with van der Waals surface area (Å²) < 4.78 is 5.84. The van der Waals surface area contributed by atoms with Crippen molar-refractivity contribution in [3.8, 4) is 11.3 Å². The molecule has 2 N–H and O–H groups in total. The van der Waals surface area contributed by atoms with E-state index in [0.717, 1.165) is 34.2 Å². The minimum Gasteiger partial charge on any atom is -0.459 e. The molecular formula is C19H18ClN3OS. The predicted octanol–water partition coefficient (Wildman–Crippen LogP) is 5.10. The number of thiocarbonyl (C=S) groups is 1. The summed E-state index contributed by atoms with van der Waals surface area (Å²) in [6.07, 6.45) is 0. The van der Waals surface area contributed by atoms with Crippen molar-refractivity contribution < 1.29 is 4.42 Å². The molecule has 128 valence electrons. The van der Waals surface area contributed by atoms with Gasteiger partial charge in [-0.15, -0.1) is 0 Å². The molecule has 6 heteroatoms. The van der Waals surface area contributed by atoms with Crippen molar-refractivity contribution >= 4 is 34.7 Å². The third-order valence-electron chi connectivity index (χ3n) is 3.55. The van der Waals surface area contributed by atoms with Crippen LogP contribution in [0.25, 0.3) is 11.3 Å². The van der Waals surface area contributed by atoms with E-state index in [4.69, 9.17) is 28.2 Å². The molecule has 2 aromatic heterocycles. The van der Waals surface area contributed by atoms with Crippen molar-refractivity contribution in [1.29, 1.82) is 0 Å². The first kappa shape index (κ1) is 17.5. The number of aromatic nitrogens is 1. The molecule has 0 saturated carbocycles. The van der Waals surface area contributed by atoms with E-state index in [1.807, 2.05) is 62.4 Å². The SMILES string of the molecule is Cc1cc(C)nc(NC(=S)NCc2ccc(-c3ccc(Cl)cc3)o2)c1. The number of rotatable bonds is 4. The molecule has 0 bridgehead atoms. The van der Waals surface area contributed by atoms with E-state index in [0.29, 0.717) is 16.7 Å². The first-order chi connectivity index (χ1) is 12.0. The van der Waals surface area contributed by atoms with Crippen LogP contribution in [0.2, 0.25) is 5.02 Å². The fraction of sp³-hybridized carbons (Fsp3) is 0.158. The largest absolute Gasteiger partial charge is 0.459 e. The molecule has 3 aromatic rings. The van der Waals surface area contributed by atoms with Gasteiger partial charge in [-0.3, -0.25) is 0 Å². The molecule has 0 saturated heterocycles. The first-order valence-corrected chi connectivity index (χ1v) is 8.63. The maximum absolute atomic E-state index is 5.91. The number of hydrogen-bond donors (Lipinski definition) is 2. The second-order valence-corrected chi connectivity index (χ2v) is 6.60. The van der Waals surface area contributed by atoms with Crippen LogP contribution in [0.15, 0.2) is 52.9 Å². The number of nitrogens with zero attached hydrogens (tertiary/aromatic N) is 1. The Kier molecular flexibility index (Phi) is 5.36. The van der Waals surface area contributed by atoms with Crippen LogP contribution in [0.4, 0.5) is 5.82 Å². The molecule has 3 rings (SSSR count). The van der Waals surface area contributed by atoms with Crippen molar-refractivity contribution in [3.05, 3.63) is 70.6 Å². The summed E-state index contributed by atoms with van der Waals surface area (Å²) in [5.41, 5.74) is 3.07. The number of hydrogen-bond acceptors (Lipinski definition) is 3. The lowest BCUT2D eigenvalue weighted by atomic mass is 10.2. The van der Waals surface area contributed by atoms with Gasteiger partial charge in [0.1, 0.15) is 17.3 Å². The Morgan fingerprint density at radius 3 is 2.60 bits per heavy atom. The van der Waals surface area contributed by atoms with Gasteiger partial charge in [0.2, 0.25) is 0 Å². The van der Waals surface area contributed by atoms with E-state index in [1.54, 1.807) is 0 Å². The van der Waals surface area contributed by atoms with Gasteiger partial charge in [0.25, 0.3) is 0 Å². The average Bonchev–Trinajstić information content (AvgIpc) is 3.01. The Balaban J connectivity index is 1.58. The lowest BCUT2D eigenvalue weighted by molar-refractivity contribution is 0.516. The normalized spacial score (nSPS) is 10.5. The summed E-state index contributed by atoms with van der Waals surface area (Å²) >= 11 is 11.2. The smallest absolute Gasteiger partial charge is 0.172 e.